The molecule has 0 fully saturated rings. The third-order valence-corrected chi connectivity index (χ3v) is 15.0. The van der Waals surface area contributed by atoms with Gasteiger partial charge in [-0.1, -0.05) is 19.8 Å². The summed E-state index contributed by atoms with van der Waals surface area (Å²) in [6.07, 6.45) is 4.94. The first-order chi connectivity index (χ1) is 28.7. The Morgan fingerprint density at radius 2 is 1.48 bits per heavy atom. The summed E-state index contributed by atoms with van der Waals surface area (Å²) in [7, 11) is -1.80. The molecule has 0 saturated carbocycles. The first-order valence-electron chi connectivity index (χ1n) is 19.9. The minimum absolute atomic E-state index is 0.0788. The summed E-state index contributed by atoms with van der Waals surface area (Å²) in [4.78, 5) is 23.3. The van der Waals surface area contributed by atoms with E-state index in [2.05, 4.69) is 30.2 Å². The van der Waals surface area contributed by atoms with E-state index in [1.54, 1.807) is 24.3 Å². The van der Waals surface area contributed by atoms with Gasteiger partial charge in [0.1, 0.15) is 39.4 Å². The lowest BCUT2D eigenvalue weighted by molar-refractivity contribution is -0.138. The average molecular weight is 895 g/mol. The van der Waals surface area contributed by atoms with E-state index in [1.807, 2.05) is 43.9 Å². The van der Waals surface area contributed by atoms with Crippen molar-refractivity contribution in [2.24, 2.45) is 0 Å². The number of carbonyl (C=O) groups is 2. The summed E-state index contributed by atoms with van der Waals surface area (Å²) in [6.45, 7) is 8.25. The molecule has 0 spiro atoms. The zero-order chi connectivity index (χ0) is 44.3. The molecule has 1 atom stereocenters. The molecular weight excluding hydrogens is 850 g/mol. The number of anilines is 1. The molecule has 10 nitrogen and oxygen atoms in total. The Balaban J connectivity index is 0.000000739. The number of benzene rings is 3. The minimum Gasteiger partial charge on any atom is -0.744 e. The Labute approximate surface area is 359 Å². The third kappa shape index (κ3) is 7.65. The number of thiophene rings is 2. The third-order valence-electron chi connectivity index (χ3n) is 12.2. The van der Waals surface area contributed by atoms with Crippen molar-refractivity contribution >= 4 is 56.0 Å². The van der Waals surface area contributed by atoms with E-state index in [0.717, 1.165) is 63.2 Å². The molecule has 5 aromatic rings. The topological polar surface area (TPSA) is 147 Å². The van der Waals surface area contributed by atoms with Crippen LogP contribution in [0.5, 0.6) is 11.5 Å². The van der Waals surface area contributed by atoms with Crippen LogP contribution in [0.1, 0.15) is 101 Å². The highest BCUT2D eigenvalue weighted by Gasteiger charge is 2.44. The number of fused-ring (bicyclic) bond motifs is 8. The molecular formula is C45H45F3N2O8S3. The zero-order valence-electron chi connectivity index (χ0n) is 34.4. The molecule has 5 heterocycles. The molecule has 0 saturated heterocycles. The van der Waals surface area contributed by atoms with Crippen LogP contribution in [0.2, 0.25) is 0 Å². The van der Waals surface area contributed by atoms with E-state index in [-0.39, 0.29) is 40.3 Å². The van der Waals surface area contributed by atoms with Crippen molar-refractivity contribution in [2.45, 2.75) is 95.0 Å². The standard InChI is InChI=1S/C40H35F3N2O6S3.C5H10O2/c1-39(2)24-10-13-52-36(24)20-15-22-30(18-28(20)44(39)4)51-31-19-29-21(16-23(31)33(22)34-35(43)26(41)17-27(42)38(34)54(48,49)50)37-25(11-14-53-37)40(3,45(29)5)12-8-6-7-9-32(46)47;1-2-3-4-5(6)7/h10-11,13-19H,6-9,12H2,1-5H3,(H-,46,47,48,49,50);2-4H2,1H3,(H,6,7). The van der Waals surface area contributed by atoms with E-state index in [0.29, 0.717) is 24.8 Å². The summed E-state index contributed by atoms with van der Waals surface area (Å²) in [6, 6.07) is 11.1. The van der Waals surface area contributed by atoms with Crippen molar-refractivity contribution in [1.29, 1.82) is 0 Å². The van der Waals surface area contributed by atoms with E-state index in [4.69, 9.17) is 14.9 Å². The van der Waals surface area contributed by atoms with Gasteiger partial charge in [0.15, 0.2) is 17.2 Å². The molecule has 61 heavy (non-hydrogen) atoms. The van der Waals surface area contributed by atoms with Crippen molar-refractivity contribution in [3.05, 3.63) is 104 Å². The molecule has 3 aliphatic heterocycles. The highest BCUT2D eigenvalue weighted by Crippen LogP contribution is 2.53. The lowest BCUT2D eigenvalue weighted by Gasteiger charge is -2.43. The maximum absolute atomic E-state index is 16.3. The first-order valence-corrected chi connectivity index (χ1v) is 23.0. The summed E-state index contributed by atoms with van der Waals surface area (Å²) in [5.41, 5.74) is 2.30. The zero-order valence-corrected chi connectivity index (χ0v) is 36.9. The van der Waals surface area contributed by atoms with Crippen LogP contribution in [0.15, 0.2) is 58.1 Å². The lowest BCUT2D eigenvalue weighted by Crippen LogP contribution is -2.48. The number of carboxylic acids is 2. The number of unbranched alkanes of at least 4 members (excludes halogenated alkanes) is 3. The first kappa shape index (κ1) is 44.0. The molecule has 2 aromatic heterocycles. The SMILES string of the molecule is CCCCC(=O)O.CN1c2cc3c(cc2-c2sccc2C1(C)C)C(c1c(F)c(F)cc(F)c1S(=O)(=O)[O-])=c1cc2c(cc1O3)=[N+](C)C(C)(CCCCCC(=O)O)c1ccsc1-2. The van der Waals surface area contributed by atoms with Gasteiger partial charge >= 0.3 is 11.9 Å². The summed E-state index contributed by atoms with van der Waals surface area (Å²) in [5, 5.41) is 22.0. The van der Waals surface area contributed by atoms with Crippen LogP contribution in [-0.2, 0) is 30.8 Å². The van der Waals surface area contributed by atoms with Gasteiger partial charge in [-0.15, -0.1) is 22.7 Å². The average Bonchev–Trinajstić information content (AvgIpc) is 3.90. The van der Waals surface area contributed by atoms with Gasteiger partial charge in [0, 0.05) is 89.0 Å². The maximum Gasteiger partial charge on any atom is 0.303 e. The minimum atomic E-state index is -5.68. The smallest absolute Gasteiger partial charge is 0.303 e. The maximum atomic E-state index is 16.3. The number of halogens is 3. The summed E-state index contributed by atoms with van der Waals surface area (Å²) < 4.78 is 94.1. The number of ether oxygens (including phenoxy) is 1. The van der Waals surface area contributed by atoms with Gasteiger partial charge < -0.3 is 24.4 Å². The van der Waals surface area contributed by atoms with Gasteiger partial charge in [-0.2, -0.15) is 0 Å². The molecule has 0 amide bonds. The second-order valence-corrected chi connectivity index (χ2v) is 19.4. The fourth-order valence-corrected chi connectivity index (χ4v) is 11.5. The summed E-state index contributed by atoms with van der Waals surface area (Å²) in [5.74, 6) is -6.17. The van der Waals surface area contributed by atoms with Gasteiger partial charge in [-0.05, 0) is 73.7 Å². The molecule has 0 aliphatic carbocycles. The van der Waals surface area contributed by atoms with Gasteiger partial charge in [-0.25, -0.2) is 26.2 Å². The molecule has 1 unspecified atom stereocenters. The van der Waals surface area contributed by atoms with Crippen molar-refractivity contribution in [3.8, 4) is 32.4 Å². The second-order valence-electron chi connectivity index (χ2n) is 16.2. The highest BCUT2D eigenvalue weighted by atomic mass is 32.2. The fourth-order valence-electron chi connectivity index (χ4n) is 8.62. The molecule has 0 bridgehead atoms. The van der Waals surface area contributed by atoms with Gasteiger partial charge in [0.2, 0.25) is 5.36 Å². The lowest BCUT2D eigenvalue weighted by atomic mass is 9.81. The van der Waals surface area contributed by atoms with Crippen LogP contribution >= 0.6 is 22.7 Å². The molecule has 322 valence electrons. The van der Waals surface area contributed by atoms with E-state index in [1.165, 1.54) is 22.7 Å². The monoisotopic (exact) mass is 894 g/mol. The van der Waals surface area contributed by atoms with Crippen LogP contribution in [-0.4, -0.2) is 49.2 Å². The van der Waals surface area contributed by atoms with Gasteiger partial charge in [0.25, 0.3) is 0 Å². The van der Waals surface area contributed by atoms with Crippen LogP contribution in [0.25, 0.3) is 26.5 Å². The molecule has 3 aliphatic rings. The molecule has 3 aromatic carbocycles. The Kier molecular flexibility index (Phi) is 11.8. The van der Waals surface area contributed by atoms with Crippen molar-refractivity contribution in [2.75, 3.05) is 19.0 Å². The Hall–Kier alpha value is -5.03. The highest BCUT2D eigenvalue weighted by molar-refractivity contribution is 7.85. The largest absolute Gasteiger partial charge is 0.744 e. The van der Waals surface area contributed by atoms with Gasteiger partial charge in [0.05, 0.1) is 22.0 Å². The molecule has 16 heteroatoms. The molecule has 0 radical (unpaired) electrons. The number of hydrogen-bond acceptors (Lipinski definition) is 9. The molecule has 8 rings (SSSR count). The fraction of sp³-hybridized carbons (Fsp3) is 0.356. The Morgan fingerprint density at radius 1 is 0.836 bits per heavy atom. The van der Waals surface area contributed by atoms with Crippen LogP contribution in [0.4, 0.5) is 18.9 Å². The van der Waals surface area contributed by atoms with Crippen LogP contribution in [0, 0.1) is 17.5 Å². The van der Waals surface area contributed by atoms with Crippen LogP contribution in [0.3, 0.4) is 0 Å². The van der Waals surface area contributed by atoms with Crippen molar-refractivity contribution < 1.29 is 50.7 Å². The van der Waals surface area contributed by atoms with Gasteiger partial charge in [-0.3, -0.25) is 9.59 Å². The van der Waals surface area contributed by atoms with Crippen molar-refractivity contribution in [1.82, 2.24) is 4.58 Å². The van der Waals surface area contributed by atoms with Crippen LogP contribution < -0.4 is 24.8 Å². The number of carboxylic acid groups (broad SMARTS) is 2. The van der Waals surface area contributed by atoms with E-state index in [9.17, 15) is 22.6 Å². The number of hydrogen-bond donors (Lipinski definition) is 2. The number of aliphatic carboxylic acids is 2. The Bertz CT molecular complexity index is 2870. The van der Waals surface area contributed by atoms with E-state index < -0.39 is 61.0 Å². The van der Waals surface area contributed by atoms with E-state index >= 15 is 13.2 Å². The predicted molar refractivity (Wildman–Crippen MR) is 229 cm³/mol. The predicted octanol–water partition coefficient (Wildman–Crippen LogP) is 9.15. The second kappa shape index (κ2) is 16.3. The quantitative estimate of drug-likeness (QED) is 0.0563. The number of nitrogens with zero attached hydrogens (tertiary/aromatic N) is 2. The molecule has 2 N–H and O–H groups in total. The number of rotatable bonds is 11. The Morgan fingerprint density at radius 3 is 2.10 bits per heavy atom. The summed E-state index contributed by atoms with van der Waals surface area (Å²) >= 11 is 2.98. The normalized spacial score (nSPS) is 16.9. The van der Waals surface area contributed by atoms with Crippen molar-refractivity contribution in [3.63, 3.8) is 0 Å².